The van der Waals surface area contributed by atoms with Crippen molar-refractivity contribution in [1.82, 2.24) is 42.2 Å². The first-order valence-corrected chi connectivity index (χ1v) is 24.3. The molecule has 0 bridgehead atoms. The minimum Gasteiger partial charge on any atom is -0.394 e. The molecule has 15 N–H and O–H groups in total. The van der Waals surface area contributed by atoms with Crippen LogP contribution in [0.3, 0.4) is 0 Å². The van der Waals surface area contributed by atoms with Crippen LogP contribution in [0.5, 0.6) is 0 Å². The Bertz CT molecular complexity index is 2380. The highest BCUT2D eigenvalue weighted by Gasteiger charge is 2.36. The molecule has 5 unspecified atom stereocenters. The molecule has 1 aliphatic rings. The largest absolute Gasteiger partial charge is 0.394 e. The van der Waals surface area contributed by atoms with Crippen LogP contribution < -0.4 is 48.7 Å². The van der Waals surface area contributed by atoms with Gasteiger partial charge in [-0.05, 0) is 81.7 Å². The molecule has 2 heterocycles. The van der Waals surface area contributed by atoms with Gasteiger partial charge in [0.15, 0.2) is 0 Å². The van der Waals surface area contributed by atoms with Crippen LogP contribution in [0.4, 0.5) is 0 Å². The van der Waals surface area contributed by atoms with Gasteiger partial charge in [0.05, 0.1) is 30.9 Å². The monoisotopic (exact) mass is 983 g/mol. The molecular formula is C51H70N10O10. The minimum absolute atomic E-state index is 0.0311. The molecule has 10 atom stereocenters. The van der Waals surface area contributed by atoms with Gasteiger partial charge in [0.1, 0.15) is 36.3 Å². The van der Waals surface area contributed by atoms with E-state index < -0.39 is 108 Å². The first-order chi connectivity index (χ1) is 34.1. The zero-order chi connectivity index (χ0) is 51.5. The summed E-state index contributed by atoms with van der Waals surface area (Å²) in [6, 6.07) is 14.9. The summed E-state index contributed by atoms with van der Waals surface area (Å²) in [5.41, 5.74) is 15.0. The predicted octanol–water partition coefficient (Wildman–Crippen LogP) is -0.626. The lowest BCUT2D eigenvalue weighted by Gasteiger charge is -2.29. The second-order valence-electron chi connectivity index (χ2n) is 18.2. The van der Waals surface area contributed by atoms with E-state index in [9.17, 15) is 48.9 Å². The number of aliphatic hydroxyl groups is 3. The van der Waals surface area contributed by atoms with Gasteiger partial charge in [-0.25, -0.2) is 0 Å². The van der Waals surface area contributed by atoms with Crippen molar-refractivity contribution in [3.05, 3.63) is 108 Å². The van der Waals surface area contributed by atoms with Gasteiger partial charge in [0, 0.05) is 29.9 Å². The Kier molecular flexibility index (Phi) is 21.5. The van der Waals surface area contributed by atoms with Crippen LogP contribution in [0.2, 0.25) is 0 Å². The lowest BCUT2D eigenvalue weighted by molar-refractivity contribution is -0.137. The summed E-state index contributed by atoms with van der Waals surface area (Å²) in [5.74, 6) is -5.51. The van der Waals surface area contributed by atoms with E-state index in [-0.39, 0.29) is 57.9 Å². The van der Waals surface area contributed by atoms with Gasteiger partial charge >= 0.3 is 0 Å². The van der Waals surface area contributed by atoms with Crippen molar-refractivity contribution < 1.29 is 48.9 Å². The van der Waals surface area contributed by atoms with Crippen LogP contribution >= 0.6 is 0 Å². The number of nitrogens with one attached hydrogen (secondary N) is 8. The molecule has 4 aromatic rings. The molecule has 0 aliphatic carbocycles. The molecule has 7 amide bonds. The van der Waals surface area contributed by atoms with Gasteiger partial charge in [0.2, 0.25) is 41.4 Å². The first-order valence-electron chi connectivity index (χ1n) is 24.3. The van der Waals surface area contributed by atoms with E-state index in [1.807, 2.05) is 54.6 Å². The molecule has 0 spiro atoms. The number of aromatic amines is 1. The molecule has 3 aromatic carbocycles. The normalized spacial score (nSPS) is 22.8. The number of carbonyl (C=O) groups is 7. The van der Waals surface area contributed by atoms with Crippen molar-refractivity contribution in [1.29, 1.82) is 0 Å². The number of unbranched alkanes of at least 4 members (excludes halogenated alkanes) is 1. The lowest BCUT2D eigenvalue weighted by Crippen LogP contribution is -2.62. The quantitative estimate of drug-likeness (QED) is 0.0589. The van der Waals surface area contributed by atoms with E-state index in [0.717, 1.165) is 16.5 Å². The molecule has 71 heavy (non-hydrogen) atoms. The fraction of sp³-hybridized carbons (Fsp3) is 0.471. The van der Waals surface area contributed by atoms with E-state index >= 15 is 0 Å². The number of hydrogen-bond acceptors (Lipinski definition) is 12. The van der Waals surface area contributed by atoms with E-state index in [1.54, 1.807) is 36.5 Å². The Labute approximate surface area is 413 Å². The Hall–Kier alpha value is -6.71. The second-order valence-corrected chi connectivity index (χ2v) is 18.2. The maximum atomic E-state index is 14.7. The number of benzene rings is 3. The predicted molar refractivity (Wildman–Crippen MR) is 266 cm³/mol. The molecule has 384 valence electrons. The van der Waals surface area contributed by atoms with Crippen molar-refractivity contribution in [2.24, 2.45) is 11.5 Å². The molecule has 0 radical (unpaired) electrons. The SMILES string of the molecule is CC(O)C1NC(=O)[C@H](CCCCN)NC(=O)[C@@H](Cc2c[nH]c3ccccc23)NC(=O)C(Cc2ccccc2)NC(=O)[C@@H](NC(=O)[C@H](N)Cc2ccccc2)CCCCC(C(=O)N[C@H](CO)C(C)O)NC1=O. The van der Waals surface area contributed by atoms with Crippen LogP contribution in [0.1, 0.15) is 75.5 Å². The third-order valence-corrected chi connectivity index (χ3v) is 12.5. The van der Waals surface area contributed by atoms with Crippen LogP contribution in [0.15, 0.2) is 91.1 Å². The summed E-state index contributed by atoms with van der Waals surface area (Å²) in [4.78, 5) is 103. The van der Waals surface area contributed by atoms with E-state index in [1.165, 1.54) is 13.8 Å². The molecular weight excluding hydrogens is 913 g/mol. The average Bonchev–Trinajstić information content (AvgIpc) is 3.76. The Balaban J connectivity index is 1.56. The van der Waals surface area contributed by atoms with Crippen molar-refractivity contribution in [3.63, 3.8) is 0 Å². The zero-order valence-electron chi connectivity index (χ0n) is 40.3. The zero-order valence-corrected chi connectivity index (χ0v) is 40.3. The van der Waals surface area contributed by atoms with Crippen LogP contribution in [-0.2, 0) is 52.8 Å². The Morgan fingerprint density at radius 3 is 1.94 bits per heavy atom. The minimum atomic E-state index is -1.65. The van der Waals surface area contributed by atoms with Gasteiger partial charge in [-0.15, -0.1) is 0 Å². The summed E-state index contributed by atoms with van der Waals surface area (Å²) >= 11 is 0. The van der Waals surface area contributed by atoms with Crippen molar-refractivity contribution in [2.45, 2.75) is 139 Å². The summed E-state index contributed by atoms with van der Waals surface area (Å²) in [7, 11) is 0. The summed E-state index contributed by atoms with van der Waals surface area (Å²) < 4.78 is 0. The Morgan fingerprint density at radius 1 is 0.704 bits per heavy atom. The molecule has 20 heteroatoms. The topological polar surface area (TPSA) is 332 Å². The van der Waals surface area contributed by atoms with Crippen LogP contribution in [-0.4, -0.2) is 135 Å². The highest BCUT2D eigenvalue weighted by Crippen LogP contribution is 2.20. The first kappa shape index (κ1) is 55.2. The van der Waals surface area contributed by atoms with Gasteiger partial charge < -0.3 is 69.0 Å². The van der Waals surface area contributed by atoms with Gasteiger partial charge in [0.25, 0.3) is 0 Å². The molecule has 1 aliphatic heterocycles. The van der Waals surface area contributed by atoms with E-state index in [2.05, 4.69) is 42.2 Å². The third-order valence-electron chi connectivity index (χ3n) is 12.5. The van der Waals surface area contributed by atoms with Crippen molar-refractivity contribution >= 4 is 52.3 Å². The highest BCUT2D eigenvalue weighted by atomic mass is 16.3. The number of nitrogens with two attached hydrogens (primary N) is 2. The summed E-state index contributed by atoms with van der Waals surface area (Å²) in [6.45, 7) is 2.26. The van der Waals surface area contributed by atoms with Crippen LogP contribution in [0.25, 0.3) is 10.9 Å². The number of hydrogen-bond donors (Lipinski definition) is 13. The number of carbonyl (C=O) groups excluding carboxylic acids is 7. The third kappa shape index (κ3) is 16.7. The lowest BCUT2D eigenvalue weighted by atomic mass is 9.99. The molecule has 1 aromatic heterocycles. The highest BCUT2D eigenvalue weighted by molar-refractivity contribution is 5.98. The number of para-hydroxylation sites is 1. The van der Waals surface area contributed by atoms with Crippen molar-refractivity contribution in [3.8, 4) is 0 Å². The van der Waals surface area contributed by atoms with Crippen LogP contribution in [0, 0.1) is 0 Å². The number of aromatic nitrogens is 1. The molecule has 0 saturated carbocycles. The van der Waals surface area contributed by atoms with Gasteiger partial charge in [-0.3, -0.25) is 33.6 Å². The van der Waals surface area contributed by atoms with E-state index in [4.69, 9.17) is 11.5 Å². The van der Waals surface area contributed by atoms with Crippen molar-refractivity contribution in [2.75, 3.05) is 13.2 Å². The smallest absolute Gasteiger partial charge is 0.245 e. The fourth-order valence-corrected chi connectivity index (χ4v) is 8.36. The fourth-order valence-electron chi connectivity index (χ4n) is 8.36. The number of aliphatic hydroxyl groups excluding tert-OH is 3. The second kappa shape index (κ2) is 27.6. The maximum absolute atomic E-state index is 14.7. The maximum Gasteiger partial charge on any atom is 0.245 e. The number of H-pyrrole nitrogens is 1. The molecule has 1 saturated heterocycles. The molecule has 20 nitrogen and oxygen atoms in total. The van der Waals surface area contributed by atoms with Gasteiger partial charge in [-0.1, -0.05) is 91.7 Å². The number of rotatable bonds is 17. The summed E-state index contributed by atoms with van der Waals surface area (Å²) in [6.07, 6.45) is 0.113. The van der Waals surface area contributed by atoms with E-state index in [0.29, 0.717) is 24.0 Å². The average molecular weight is 983 g/mol. The molecule has 1 fully saturated rings. The standard InChI is InChI=1S/C51H70N10O10/c1-30(63)43(29-62)60-47(67)39-22-12-11-21-38(55-45(65)36(53)25-32-15-5-3-6-16-32)46(66)58-41(26-33-17-7-4-8-18-33)49(69)59-42(27-34-28-54-37-20-10-9-19-35(34)37)50(70)56-40(23-13-14-24-52)48(68)61-44(31(2)64)51(71)57-39/h3-10,15-20,28,30-31,36,38-44,54,62-64H,11-14,21-27,29,52-53H2,1-2H3,(H,55,65)(H,56,70)(H,57,71)(H,58,66)(H,59,69)(H,60,67)(H,61,68)/t30?,31?,36-,38+,39?,40+,41?,42-,43-,44?/m1/s1. The number of amides is 7. The number of fused-ring (bicyclic) bond motifs is 1. The Morgan fingerprint density at radius 2 is 1.30 bits per heavy atom. The molecule has 5 rings (SSSR count). The van der Waals surface area contributed by atoms with Gasteiger partial charge in [-0.2, -0.15) is 0 Å². The summed E-state index contributed by atoms with van der Waals surface area (Å²) in [5, 5.41) is 50.7.